The zero-order valence-corrected chi connectivity index (χ0v) is 15.0. The maximum absolute atomic E-state index is 12.8. The van der Waals surface area contributed by atoms with Gasteiger partial charge in [-0.3, -0.25) is 0 Å². The van der Waals surface area contributed by atoms with Crippen LogP contribution in [0, 0.1) is 0 Å². The summed E-state index contributed by atoms with van der Waals surface area (Å²) in [6.07, 6.45) is 1.83. The van der Waals surface area contributed by atoms with E-state index in [1.54, 1.807) is 0 Å². The highest BCUT2D eigenvalue weighted by molar-refractivity contribution is 5.91. The molecule has 0 radical (unpaired) electrons. The molecule has 0 saturated carbocycles. The van der Waals surface area contributed by atoms with Crippen molar-refractivity contribution < 1.29 is 14.1 Å². The number of ether oxygens (including phenoxy) is 1. The van der Waals surface area contributed by atoms with Crippen LogP contribution in [0.3, 0.4) is 0 Å². The van der Waals surface area contributed by atoms with Crippen molar-refractivity contribution in [2.24, 2.45) is 0 Å². The van der Waals surface area contributed by atoms with Gasteiger partial charge in [-0.25, -0.2) is 4.79 Å². The Kier molecular flexibility index (Phi) is 5.26. The molecule has 3 rings (SSSR count). The summed E-state index contributed by atoms with van der Waals surface area (Å²) in [5, 5.41) is 7.09. The average molecular weight is 343 g/mol. The van der Waals surface area contributed by atoms with E-state index in [0.717, 1.165) is 24.3 Å². The number of hydrogen-bond acceptors (Lipinski definition) is 4. The van der Waals surface area contributed by atoms with Gasteiger partial charge in [0.15, 0.2) is 5.76 Å². The van der Waals surface area contributed by atoms with E-state index >= 15 is 0 Å². The number of nitrogens with zero attached hydrogens (tertiary/aromatic N) is 2. The summed E-state index contributed by atoms with van der Waals surface area (Å²) in [7, 11) is 0. The maximum Gasteiger partial charge on any atom is 0.322 e. The van der Waals surface area contributed by atoms with Crippen molar-refractivity contribution >= 4 is 11.7 Å². The van der Waals surface area contributed by atoms with Crippen molar-refractivity contribution in [1.82, 2.24) is 10.1 Å². The van der Waals surface area contributed by atoms with Gasteiger partial charge in [0.05, 0.1) is 24.0 Å². The fraction of sp³-hybridized carbons (Fsp3) is 0.474. The third kappa shape index (κ3) is 3.78. The van der Waals surface area contributed by atoms with Crippen LogP contribution in [-0.4, -0.2) is 29.2 Å². The van der Waals surface area contributed by atoms with Gasteiger partial charge in [0, 0.05) is 12.6 Å². The first-order valence-corrected chi connectivity index (χ1v) is 8.86. The topological polar surface area (TPSA) is 67.6 Å². The smallest absolute Gasteiger partial charge is 0.322 e. The maximum atomic E-state index is 12.8. The van der Waals surface area contributed by atoms with Gasteiger partial charge in [0.25, 0.3) is 0 Å². The molecule has 25 heavy (non-hydrogen) atoms. The Morgan fingerprint density at radius 2 is 2.24 bits per heavy atom. The van der Waals surface area contributed by atoms with E-state index in [4.69, 9.17) is 9.26 Å². The van der Waals surface area contributed by atoms with Crippen LogP contribution in [0.1, 0.15) is 57.0 Å². The summed E-state index contributed by atoms with van der Waals surface area (Å²) in [6, 6.07) is 9.23. The number of rotatable bonds is 5. The lowest BCUT2D eigenvalue weighted by Gasteiger charge is -2.23. The lowest BCUT2D eigenvalue weighted by molar-refractivity contribution is 0.195. The fourth-order valence-electron chi connectivity index (χ4n) is 3.08. The second-order valence-electron chi connectivity index (χ2n) is 6.52. The van der Waals surface area contributed by atoms with E-state index in [2.05, 4.69) is 24.3 Å². The van der Waals surface area contributed by atoms with Crippen molar-refractivity contribution in [2.45, 2.75) is 45.6 Å². The number of aromatic nitrogens is 1. The molecule has 134 valence electrons. The number of hydrogen-bond donors (Lipinski definition) is 1. The quantitative estimate of drug-likeness (QED) is 0.864. The van der Waals surface area contributed by atoms with Crippen LogP contribution in [-0.2, 0) is 0 Å². The standard InChI is InChI=1S/C19H25N3O3/c1-4-24-17-10-6-5-8-14(17)20-19(23)22-11-7-9-16(22)18-12-15(13(2)3)21-25-18/h5-6,8,10,12-13,16H,4,7,9,11H2,1-3H3,(H,20,23)/t16-/m1/s1. The molecule has 6 heteroatoms. The molecule has 1 N–H and O–H groups in total. The van der Waals surface area contributed by atoms with Crippen molar-refractivity contribution in [3.05, 3.63) is 41.8 Å². The molecule has 1 aliphatic heterocycles. The molecule has 0 unspecified atom stereocenters. The zero-order valence-electron chi connectivity index (χ0n) is 15.0. The van der Waals surface area contributed by atoms with Crippen LogP contribution >= 0.6 is 0 Å². The number of benzene rings is 1. The number of nitrogens with one attached hydrogen (secondary N) is 1. The van der Waals surface area contributed by atoms with Gasteiger partial charge in [0.1, 0.15) is 5.75 Å². The van der Waals surface area contributed by atoms with Crippen LogP contribution in [0.4, 0.5) is 10.5 Å². The molecule has 1 atom stereocenters. The Morgan fingerprint density at radius 3 is 2.96 bits per heavy atom. The second kappa shape index (κ2) is 7.59. The van der Waals surface area contributed by atoms with Crippen molar-refractivity contribution in [3.63, 3.8) is 0 Å². The Balaban J connectivity index is 1.74. The van der Waals surface area contributed by atoms with Gasteiger partial charge in [-0.1, -0.05) is 31.1 Å². The van der Waals surface area contributed by atoms with Gasteiger partial charge in [-0.2, -0.15) is 0 Å². The highest BCUT2D eigenvalue weighted by atomic mass is 16.5. The first-order valence-electron chi connectivity index (χ1n) is 8.86. The van der Waals surface area contributed by atoms with Crippen LogP contribution in [0.25, 0.3) is 0 Å². The molecule has 0 bridgehead atoms. The molecule has 2 amide bonds. The summed E-state index contributed by atoms with van der Waals surface area (Å²) in [6.45, 7) is 7.32. The number of likely N-dealkylation sites (tertiary alicyclic amines) is 1. The molecule has 2 heterocycles. The Hall–Kier alpha value is -2.50. The van der Waals surface area contributed by atoms with Gasteiger partial charge < -0.3 is 19.5 Å². The summed E-state index contributed by atoms with van der Waals surface area (Å²) in [5.74, 6) is 1.74. The van der Waals surface area contributed by atoms with Gasteiger partial charge in [0.2, 0.25) is 0 Å². The minimum absolute atomic E-state index is 0.0701. The van der Waals surface area contributed by atoms with Crippen molar-refractivity contribution in [2.75, 3.05) is 18.5 Å². The zero-order chi connectivity index (χ0) is 17.8. The lowest BCUT2D eigenvalue weighted by Crippen LogP contribution is -2.34. The fourth-order valence-corrected chi connectivity index (χ4v) is 3.08. The average Bonchev–Trinajstić information content (AvgIpc) is 3.25. The molecule has 1 fully saturated rings. The number of anilines is 1. The van der Waals surface area contributed by atoms with Crippen LogP contribution in [0.2, 0.25) is 0 Å². The Labute approximate surface area is 148 Å². The van der Waals surface area contributed by atoms with E-state index in [0.29, 0.717) is 30.5 Å². The van der Waals surface area contributed by atoms with Crippen LogP contribution < -0.4 is 10.1 Å². The molecule has 1 saturated heterocycles. The van der Waals surface area contributed by atoms with E-state index < -0.39 is 0 Å². The minimum atomic E-state index is -0.142. The van der Waals surface area contributed by atoms with E-state index in [1.807, 2.05) is 42.2 Å². The van der Waals surface area contributed by atoms with Gasteiger partial charge in [-0.15, -0.1) is 0 Å². The molecular weight excluding hydrogens is 318 g/mol. The highest BCUT2D eigenvalue weighted by Crippen LogP contribution is 2.34. The van der Waals surface area contributed by atoms with E-state index in [9.17, 15) is 4.79 Å². The SMILES string of the molecule is CCOc1ccccc1NC(=O)N1CCC[C@@H]1c1cc(C(C)C)no1. The monoisotopic (exact) mass is 343 g/mol. The minimum Gasteiger partial charge on any atom is -0.492 e. The third-order valence-electron chi connectivity index (χ3n) is 4.41. The first kappa shape index (κ1) is 17.3. The number of para-hydroxylation sites is 2. The molecule has 1 aromatic heterocycles. The Morgan fingerprint density at radius 1 is 1.44 bits per heavy atom. The highest BCUT2D eigenvalue weighted by Gasteiger charge is 2.33. The van der Waals surface area contributed by atoms with Crippen molar-refractivity contribution in [1.29, 1.82) is 0 Å². The molecule has 1 aromatic carbocycles. The summed E-state index contributed by atoms with van der Waals surface area (Å²) < 4.78 is 11.1. The van der Waals surface area contributed by atoms with Crippen LogP contribution in [0.5, 0.6) is 5.75 Å². The van der Waals surface area contributed by atoms with Gasteiger partial charge in [-0.05, 0) is 37.8 Å². The molecule has 6 nitrogen and oxygen atoms in total. The summed E-state index contributed by atoms with van der Waals surface area (Å²) in [5.41, 5.74) is 1.60. The summed E-state index contributed by atoms with van der Waals surface area (Å²) in [4.78, 5) is 14.6. The number of urea groups is 1. The van der Waals surface area contributed by atoms with Gasteiger partial charge >= 0.3 is 6.03 Å². The number of carbonyl (C=O) groups is 1. The second-order valence-corrected chi connectivity index (χ2v) is 6.52. The predicted octanol–water partition coefficient (Wildman–Crippen LogP) is 4.57. The largest absolute Gasteiger partial charge is 0.492 e. The normalized spacial score (nSPS) is 17.1. The molecule has 1 aliphatic rings. The molecule has 2 aromatic rings. The number of carbonyl (C=O) groups excluding carboxylic acids is 1. The van der Waals surface area contributed by atoms with Crippen molar-refractivity contribution in [3.8, 4) is 5.75 Å². The number of amides is 2. The predicted molar refractivity (Wildman–Crippen MR) is 95.9 cm³/mol. The molecular formula is C19H25N3O3. The van der Waals surface area contributed by atoms with Crippen LogP contribution in [0.15, 0.2) is 34.9 Å². The summed E-state index contributed by atoms with van der Waals surface area (Å²) >= 11 is 0. The van der Waals surface area contributed by atoms with E-state index in [1.165, 1.54) is 0 Å². The third-order valence-corrected chi connectivity index (χ3v) is 4.41. The first-order chi connectivity index (χ1) is 12.1. The Bertz CT molecular complexity index is 726. The molecule has 0 spiro atoms. The molecule has 0 aliphatic carbocycles. The van der Waals surface area contributed by atoms with E-state index in [-0.39, 0.29) is 12.1 Å². The lowest BCUT2D eigenvalue weighted by atomic mass is 10.1.